The summed E-state index contributed by atoms with van der Waals surface area (Å²) in [5.41, 5.74) is 3.51. The maximum absolute atomic E-state index is 5.83. The molecular formula is C17H23NO2. The van der Waals surface area contributed by atoms with Crippen molar-refractivity contribution in [2.45, 2.75) is 40.3 Å². The van der Waals surface area contributed by atoms with Crippen molar-refractivity contribution in [3.8, 4) is 5.75 Å². The Balaban J connectivity index is 1.89. The van der Waals surface area contributed by atoms with Gasteiger partial charge in [0, 0.05) is 12.1 Å². The molecule has 0 amide bonds. The quantitative estimate of drug-likeness (QED) is 0.775. The topological polar surface area (TPSA) is 34.4 Å². The van der Waals surface area contributed by atoms with Gasteiger partial charge >= 0.3 is 0 Å². The van der Waals surface area contributed by atoms with Crippen LogP contribution in [0.3, 0.4) is 0 Å². The SMILES string of the molecule is CCCNCc1coc(COc2cc(C)ccc2C)c1. The lowest BCUT2D eigenvalue weighted by Crippen LogP contribution is -2.13. The summed E-state index contributed by atoms with van der Waals surface area (Å²) in [5, 5.41) is 3.35. The van der Waals surface area contributed by atoms with E-state index in [2.05, 4.69) is 44.3 Å². The molecule has 0 radical (unpaired) electrons. The first-order chi connectivity index (χ1) is 9.69. The van der Waals surface area contributed by atoms with Gasteiger partial charge in [0.1, 0.15) is 18.1 Å². The summed E-state index contributed by atoms with van der Waals surface area (Å²) in [6.07, 6.45) is 2.94. The molecule has 20 heavy (non-hydrogen) atoms. The van der Waals surface area contributed by atoms with E-state index >= 15 is 0 Å². The van der Waals surface area contributed by atoms with Crippen molar-refractivity contribution in [1.82, 2.24) is 5.32 Å². The van der Waals surface area contributed by atoms with Gasteiger partial charge in [0.15, 0.2) is 0 Å². The number of hydrogen-bond acceptors (Lipinski definition) is 3. The van der Waals surface area contributed by atoms with Gasteiger partial charge in [-0.15, -0.1) is 0 Å². The highest BCUT2D eigenvalue weighted by atomic mass is 16.5. The zero-order chi connectivity index (χ0) is 14.4. The Kier molecular flexibility index (Phi) is 5.24. The molecule has 1 N–H and O–H groups in total. The van der Waals surface area contributed by atoms with E-state index in [-0.39, 0.29) is 0 Å². The Morgan fingerprint density at radius 3 is 2.85 bits per heavy atom. The van der Waals surface area contributed by atoms with E-state index in [4.69, 9.17) is 9.15 Å². The zero-order valence-corrected chi connectivity index (χ0v) is 12.5. The molecule has 1 aromatic carbocycles. The van der Waals surface area contributed by atoms with Crippen molar-refractivity contribution in [3.63, 3.8) is 0 Å². The van der Waals surface area contributed by atoms with Crippen LogP contribution in [0.1, 0.15) is 35.8 Å². The predicted molar refractivity (Wildman–Crippen MR) is 81.0 cm³/mol. The van der Waals surface area contributed by atoms with Crippen LogP contribution in [0.15, 0.2) is 34.9 Å². The number of nitrogens with one attached hydrogen (secondary N) is 1. The van der Waals surface area contributed by atoms with Crippen LogP contribution in [-0.2, 0) is 13.2 Å². The molecule has 0 aliphatic heterocycles. The first-order valence-electron chi connectivity index (χ1n) is 7.16. The fourth-order valence-electron chi connectivity index (χ4n) is 2.02. The van der Waals surface area contributed by atoms with Gasteiger partial charge in [-0.1, -0.05) is 19.1 Å². The average Bonchev–Trinajstić information content (AvgIpc) is 2.88. The fraction of sp³-hybridized carbons (Fsp3) is 0.412. The molecule has 3 nitrogen and oxygen atoms in total. The van der Waals surface area contributed by atoms with Gasteiger partial charge in [0.25, 0.3) is 0 Å². The van der Waals surface area contributed by atoms with E-state index in [0.717, 1.165) is 42.1 Å². The van der Waals surface area contributed by atoms with Crippen molar-refractivity contribution in [3.05, 3.63) is 53.0 Å². The van der Waals surface area contributed by atoms with Gasteiger partial charge < -0.3 is 14.5 Å². The van der Waals surface area contributed by atoms with Gasteiger partial charge in [-0.2, -0.15) is 0 Å². The van der Waals surface area contributed by atoms with Crippen LogP contribution in [-0.4, -0.2) is 6.54 Å². The number of furan rings is 1. The molecule has 108 valence electrons. The first-order valence-corrected chi connectivity index (χ1v) is 7.16. The van der Waals surface area contributed by atoms with Gasteiger partial charge in [0.2, 0.25) is 0 Å². The maximum atomic E-state index is 5.83. The number of ether oxygens (including phenoxy) is 1. The second kappa shape index (κ2) is 7.15. The molecule has 0 saturated heterocycles. The Morgan fingerprint density at radius 1 is 1.20 bits per heavy atom. The normalized spacial score (nSPS) is 10.8. The molecule has 3 heteroatoms. The summed E-state index contributed by atoms with van der Waals surface area (Å²) < 4.78 is 11.4. The predicted octanol–water partition coefficient (Wildman–Crippen LogP) is 3.98. The summed E-state index contributed by atoms with van der Waals surface area (Å²) in [4.78, 5) is 0. The van der Waals surface area contributed by atoms with Crippen molar-refractivity contribution in [2.75, 3.05) is 6.54 Å². The largest absolute Gasteiger partial charge is 0.485 e. The number of hydrogen-bond donors (Lipinski definition) is 1. The van der Waals surface area contributed by atoms with E-state index in [1.807, 2.05) is 6.07 Å². The summed E-state index contributed by atoms with van der Waals surface area (Å²) >= 11 is 0. The maximum Gasteiger partial charge on any atom is 0.146 e. The molecule has 0 spiro atoms. The molecule has 0 aliphatic carbocycles. The summed E-state index contributed by atoms with van der Waals surface area (Å²) in [6.45, 7) is 8.62. The second-order valence-electron chi connectivity index (χ2n) is 5.16. The van der Waals surface area contributed by atoms with Crippen LogP contribution in [0.5, 0.6) is 5.75 Å². The third-order valence-corrected chi connectivity index (χ3v) is 3.18. The Hall–Kier alpha value is -1.74. The minimum absolute atomic E-state index is 0.470. The van der Waals surface area contributed by atoms with Crippen LogP contribution in [0.25, 0.3) is 0 Å². The minimum atomic E-state index is 0.470. The molecular weight excluding hydrogens is 250 g/mol. The van der Waals surface area contributed by atoms with Crippen LogP contribution in [0.2, 0.25) is 0 Å². The van der Waals surface area contributed by atoms with Gasteiger partial charge in [0.05, 0.1) is 6.26 Å². The first kappa shape index (κ1) is 14.7. The second-order valence-corrected chi connectivity index (χ2v) is 5.16. The van der Waals surface area contributed by atoms with E-state index in [1.54, 1.807) is 6.26 Å². The van der Waals surface area contributed by atoms with Crippen LogP contribution < -0.4 is 10.1 Å². The van der Waals surface area contributed by atoms with Crippen molar-refractivity contribution in [1.29, 1.82) is 0 Å². The molecule has 2 aromatic rings. The van der Waals surface area contributed by atoms with E-state index < -0.39 is 0 Å². The highest BCUT2D eigenvalue weighted by Gasteiger charge is 2.05. The molecule has 0 aliphatic rings. The number of rotatable bonds is 7. The van der Waals surface area contributed by atoms with Crippen molar-refractivity contribution >= 4 is 0 Å². The lowest BCUT2D eigenvalue weighted by molar-refractivity contribution is 0.268. The minimum Gasteiger partial charge on any atom is -0.485 e. The molecule has 0 bridgehead atoms. The van der Waals surface area contributed by atoms with Crippen molar-refractivity contribution < 1.29 is 9.15 Å². The number of aryl methyl sites for hydroxylation is 2. The molecule has 2 rings (SSSR count). The third-order valence-electron chi connectivity index (χ3n) is 3.18. The monoisotopic (exact) mass is 273 g/mol. The summed E-state index contributed by atoms with van der Waals surface area (Å²) in [6, 6.07) is 8.27. The highest BCUT2D eigenvalue weighted by Crippen LogP contribution is 2.20. The highest BCUT2D eigenvalue weighted by molar-refractivity contribution is 5.36. The lowest BCUT2D eigenvalue weighted by atomic mass is 10.1. The van der Waals surface area contributed by atoms with Gasteiger partial charge in [-0.05, 0) is 50.1 Å². The number of benzene rings is 1. The van der Waals surface area contributed by atoms with Crippen LogP contribution >= 0.6 is 0 Å². The lowest BCUT2D eigenvalue weighted by Gasteiger charge is -2.08. The van der Waals surface area contributed by atoms with Crippen LogP contribution in [0.4, 0.5) is 0 Å². The summed E-state index contributed by atoms with van der Waals surface area (Å²) in [7, 11) is 0. The average molecular weight is 273 g/mol. The molecule has 0 unspecified atom stereocenters. The fourth-order valence-corrected chi connectivity index (χ4v) is 2.02. The third kappa shape index (κ3) is 4.14. The Bertz CT molecular complexity index is 546. The van der Waals surface area contributed by atoms with Crippen LogP contribution in [0, 0.1) is 13.8 Å². The van der Waals surface area contributed by atoms with Crippen molar-refractivity contribution in [2.24, 2.45) is 0 Å². The zero-order valence-electron chi connectivity index (χ0n) is 12.5. The van der Waals surface area contributed by atoms with E-state index in [9.17, 15) is 0 Å². The van der Waals surface area contributed by atoms with Gasteiger partial charge in [-0.3, -0.25) is 0 Å². The molecule has 0 fully saturated rings. The molecule has 1 aromatic heterocycles. The molecule has 0 atom stereocenters. The molecule has 1 heterocycles. The Morgan fingerprint density at radius 2 is 2.05 bits per heavy atom. The smallest absolute Gasteiger partial charge is 0.146 e. The van der Waals surface area contributed by atoms with Gasteiger partial charge in [-0.25, -0.2) is 0 Å². The molecule has 0 saturated carbocycles. The van der Waals surface area contributed by atoms with E-state index in [1.165, 1.54) is 5.56 Å². The standard InChI is InChI=1S/C17H23NO2/c1-4-7-18-10-15-9-16(19-11-15)12-20-17-8-13(2)5-6-14(17)3/h5-6,8-9,11,18H,4,7,10,12H2,1-3H3. The summed E-state index contributed by atoms with van der Waals surface area (Å²) in [5.74, 6) is 1.78. The van der Waals surface area contributed by atoms with E-state index in [0.29, 0.717) is 6.61 Å². The Labute approximate surface area is 121 Å².